The summed E-state index contributed by atoms with van der Waals surface area (Å²) in [5, 5.41) is 4.46. The molecule has 0 radical (unpaired) electrons. The summed E-state index contributed by atoms with van der Waals surface area (Å²) in [6, 6.07) is 4.50. The fraction of sp³-hybridized carbons (Fsp3) is 0.438. The van der Waals surface area contributed by atoms with Crippen LogP contribution in [-0.4, -0.2) is 41.0 Å². The number of anilines is 1. The molecule has 1 atom stereocenters. The van der Waals surface area contributed by atoms with E-state index in [1.165, 1.54) is 22.7 Å². The molecule has 3 aliphatic rings. The van der Waals surface area contributed by atoms with Gasteiger partial charge >= 0.3 is 6.09 Å². The van der Waals surface area contributed by atoms with Gasteiger partial charge in [-0.3, -0.25) is 9.69 Å². The lowest BCUT2D eigenvalue weighted by Crippen LogP contribution is -2.51. The molecule has 1 aromatic carbocycles. The first-order valence-corrected chi connectivity index (χ1v) is 8.89. The van der Waals surface area contributed by atoms with Gasteiger partial charge in [0.15, 0.2) is 0 Å². The molecule has 2 amide bonds. The van der Waals surface area contributed by atoms with Crippen LogP contribution in [0.3, 0.4) is 0 Å². The van der Waals surface area contributed by atoms with Crippen LogP contribution in [0.4, 0.5) is 14.9 Å². The number of carbonyl (C=O) groups excluding carboxylic acids is 2. The number of nitrogens with zero attached hydrogens (tertiary/aromatic N) is 2. The number of hydrogen-bond acceptors (Lipinski definition) is 6. The summed E-state index contributed by atoms with van der Waals surface area (Å²) in [6.45, 7) is 0.515. The first-order valence-electron chi connectivity index (χ1n) is 8.08. The molecule has 0 unspecified atom stereocenters. The molecular formula is C16H17FN4O3S. The van der Waals surface area contributed by atoms with Crippen LogP contribution in [0.2, 0.25) is 0 Å². The molecule has 1 saturated carbocycles. The quantitative estimate of drug-likeness (QED) is 0.848. The summed E-state index contributed by atoms with van der Waals surface area (Å²) < 4.78 is 19.2. The molecule has 1 saturated heterocycles. The zero-order chi connectivity index (χ0) is 17.6. The number of carbonyl (C=O) groups is 2. The average Bonchev–Trinajstić information content (AvgIpc) is 2.95. The molecule has 9 heteroatoms. The van der Waals surface area contributed by atoms with Crippen LogP contribution in [0.25, 0.3) is 0 Å². The van der Waals surface area contributed by atoms with Crippen LogP contribution in [0, 0.1) is 5.82 Å². The highest BCUT2D eigenvalue weighted by atomic mass is 32.2. The molecule has 25 heavy (non-hydrogen) atoms. The third-order valence-corrected chi connectivity index (χ3v) is 6.25. The number of amides is 2. The van der Waals surface area contributed by atoms with Crippen molar-refractivity contribution in [2.24, 2.45) is 10.8 Å². The number of ether oxygens (including phenoxy) is 1. The van der Waals surface area contributed by atoms with Crippen LogP contribution in [0.1, 0.15) is 24.8 Å². The summed E-state index contributed by atoms with van der Waals surface area (Å²) in [4.78, 5) is 25.2. The molecule has 132 valence electrons. The predicted octanol–water partition coefficient (Wildman–Crippen LogP) is 1.56. The van der Waals surface area contributed by atoms with Crippen molar-refractivity contribution >= 4 is 34.5 Å². The molecular weight excluding hydrogens is 347 g/mol. The van der Waals surface area contributed by atoms with Gasteiger partial charge in [0.25, 0.3) is 5.91 Å². The minimum atomic E-state index is -0.535. The van der Waals surface area contributed by atoms with E-state index in [1.54, 1.807) is 12.1 Å². The number of thioether (sulfide) groups is 1. The van der Waals surface area contributed by atoms with E-state index in [2.05, 4.69) is 10.5 Å². The number of nitrogens with two attached hydrogens (primary N) is 1. The summed E-state index contributed by atoms with van der Waals surface area (Å²) >= 11 is 1.31. The normalized spacial score (nSPS) is 24.6. The van der Waals surface area contributed by atoms with Gasteiger partial charge in [0, 0.05) is 12.1 Å². The van der Waals surface area contributed by atoms with Gasteiger partial charge in [-0.2, -0.15) is 5.10 Å². The monoisotopic (exact) mass is 364 g/mol. The average molecular weight is 364 g/mol. The van der Waals surface area contributed by atoms with Crippen molar-refractivity contribution in [1.29, 1.82) is 0 Å². The van der Waals surface area contributed by atoms with Crippen molar-refractivity contribution < 1.29 is 18.7 Å². The van der Waals surface area contributed by atoms with E-state index in [4.69, 9.17) is 10.5 Å². The van der Waals surface area contributed by atoms with E-state index in [9.17, 15) is 14.0 Å². The van der Waals surface area contributed by atoms with E-state index in [1.807, 2.05) is 0 Å². The molecule has 1 aliphatic carbocycles. The molecule has 7 nitrogen and oxygen atoms in total. The SMILES string of the molecule is NC[C@H]1CN(c2ccc(C3=NNC(=O)C4(CCC4)S3)c(F)c2)C(=O)O1. The number of cyclic esters (lactones) is 1. The number of rotatable bonds is 3. The van der Waals surface area contributed by atoms with Crippen LogP contribution in [0.5, 0.6) is 0 Å². The lowest BCUT2D eigenvalue weighted by atomic mass is 9.83. The molecule has 1 aromatic rings. The van der Waals surface area contributed by atoms with E-state index >= 15 is 0 Å². The molecule has 4 rings (SSSR count). The predicted molar refractivity (Wildman–Crippen MR) is 91.9 cm³/mol. The Kier molecular flexibility index (Phi) is 3.92. The lowest BCUT2D eigenvalue weighted by molar-refractivity contribution is -0.125. The summed E-state index contributed by atoms with van der Waals surface area (Å²) in [5.74, 6) is -0.615. The van der Waals surface area contributed by atoms with Gasteiger partial charge in [-0.05, 0) is 37.5 Å². The summed E-state index contributed by atoms with van der Waals surface area (Å²) in [7, 11) is 0. The Hall–Kier alpha value is -2.13. The number of benzene rings is 1. The largest absolute Gasteiger partial charge is 0.443 e. The van der Waals surface area contributed by atoms with Gasteiger partial charge in [-0.25, -0.2) is 14.6 Å². The lowest BCUT2D eigenvalue weighted by Gasteiger charge is -2.41. The second-order valence-electron chi connectivity index (χ2n) is 6.32. The Labute approximate surface area is 147 Å². The van der Waals surface area contributed by atoms with Crippen molar-refractivity contribution in [1.82, 2.24) is 5.43 Å². The third-order valence-electron chi connectivity index (χ3n) is 4.76. The fourth-order valence-corrected chi connectivity index (χ4v) is 4.47. The molecule has 2 aliphatic heterocycles. The van der Waals surface area contributed by atoms with Gasteiger partial charge < -0.3 is 10.5 Å². The Morgan fingerprint density at radius 1 is 1.44 bits per heavy atom. The smallest absolute Gasteiger partial charge is 0.414 e. The Morgan fingerprint density at radius 3 is 2.84 bits per heavy atom. The van der Waals surface area contributed by atoms with Crippen LogP contribution in [0.15, 0.2) is 23.3 Å². The van der Waals surface area contributed by atoms with E-state index < -0.39 is 16.7 Å². The maximum Gasteiger partial charge on any atom is 0.414 e. The standard InChI is InChI=1S/C16H17FN4O3S/c17-12-6-9(21-8-10(7-18)24-15(21)23)2-3-11(12)13-19-20-14(22)16(25-13)4-1-5-16/h2-3,6,10H,1,4-5,7-8,18H2,(H,20,22)/t10-/m0/s1. The molecule has 2 heterocycles. The molecule has 3 N–H and O–H groups in total. The van der Waals surface area contributed by atoms with Gasteiger partial charge in [0.1, 0.15) is 21.7 Å². The third kappa shape index (κ3) is 2.67. The zero-order valence-electron chi connectivity index (χ0n) is 13.3. The minimum Gasteiger partial charge on any atom is -0.443 e. The highest BCUT2D eigenvalue weighted by Gasteiger charge is 2.48. The van der Waals surface area contributed by atoms with Crippen molar-refractivity contribution in [3.8, 4) is 0 Å². The minimum absolute atomic E-state index is 0.114. The number of hydrazone groups is 1. The van der Waals surface area contributed by atoms with Gasteiger partial charge in [0.2, 0.25) is 0 Å². The molecule has 0 aromatic heterocycles. The molecule has 2 fully saturated rings. The summed E-state index contributed by atoms with van der Waals surface area (Å²) in [5.41, 5.74) is 8.73. The van der Waals surface area contributed by atoms with Crippen molar-refractivity contribution in [2.45, 2.75) is 30.1 Å². The first-order chi connectivity index (χ1) is 12.0. The molecule has 1 spiro atoms. The van der Waals surface area contributed by atoms with Crippen molar-refractivity contribution in [3.63, 3.8) is 0 Å². The number of halogens is 1. The Bertz CT molecular complexity index is 781. The van der Waals surface area contributed by atoms with Crippen LogP contribution >= 0.6 is 11.8 Å². The second kappa shape index (κ2) is 5.99. The highest BCUT2D eigenvalue weighted by molar-refractivity contribution is 8.16. The number of nitrogens with one attached hydrogen (secondary N) is 1. The fourth-order valence-electron chi connectivity index (χ4n) is 3.10. The second-order valence-corrected chi connectivity index (χ2v) is 7.70. The molecule has 0 bridgehead atoms. The van der Waals surface area contributed by atoms with Crippen molar-refractivity contribution in [3.05, 3.63) is 29.6 Å². The maximum atomic E-state index is 14.7. The van der Waals surface area contributed by atoms with Gasteiger partial charge in [-0.15, -0.1) is 0 Å². The van der Waals surface area contributed by atoms with Crippen LogP contribution < -0.4 is 16.1 Å². The Morgan fingerprint density at radius 2 is 2.24 bits per heavy atom. The van der Waals surface area contributed by atoms with Crippen LogP contribution in [-0.2, 0) is 9.53 Å². The van der Waals surface area contributed by atoms with Crippen molar-refractivity contribution in [2.75, 3.05) is 18.0 Å². The summed E-state index contributed by atoms with van der Waals surface area (Å²) in [6.07, 6.45) is 1.59. The first kappa shape index (κ1) is 16.3. The van der Waals surface area contributed by atoms with E-state index in [-0.39, 0.29) is 18.6 Å². The topological polar surface area (TPSA) is 97.0 Å². The van der Waals surface area contributed by atoms with E-state index in [0.29, 0.717) is 22.8 Å². The zero-order valence-corrected chi connectivity index (χ0v) is 14.1. The van der Waals surface area contributed by atoms with Gasteiger partial charge in [0.05, 0.1) is 12.2 Å². The van der Waals surface area contributed by atoms with E-state index in [0.717, 1.165) is 19.3 Å². The number of hydrogen-bond donors (Lipinski definition) is 2. The highest BCUT2D eigenvalue weighted by Crippen LogP contribution is 2.47. The van der Waals surface area contributed by atoms with Gasteiger partial charge in [-0.1, -0.05) is 11.8 Å². The maximum absolute atomic E-state index is 14.7. The Balaban J connectivity index is 1.59.